The summed E-state index contributed by atoms with van der Waals surface area (Å²) in [5, 5.41) is 0. The molecular weight excluding hydrogens is 372 g/mol. The van der Waals surface area contributed by atoms with Crippen molar-refractivity contribution >= 4 is 23.2 Å². The topological polar surface area (TPSA) is 40.6 Å². The molecule has 3 aromatic carbocycles. The fourth-order valence-corrected chi connectivity index (χ4v) is 4.32. The van der Waals surface area contributed by atoms with Crippen molar-refractivity contribution in [2.75, 3.05) is 9.80 Å². The number of nitrogens with zero attached hydrogens (tertiary/aromatic N) is 2. The van der Waals surface area contributed by atoms with E-state index in [2.05, 4.69) is 6.92 Å². The van der Waals surface area contributed by atoms with Crippen LogP contribution in [0.15, 0.2) is 84.9 Å². The van der Waals surface area contributed by atoms with E-state index in [1.807, 2.05) is 102 Å². The SMILES string of the molecule is CCC(=O)N1c2ccccc2[C@@H](N(C(=O)c2ccccc2)c2ccccc2)C[C@H]1C. The Labute approximate surface area is 177 Å². The van der Waals surface area contributed by atoms with E-state index < -0.39 is 0 Å². The third-order valence-corrected chi connectivity index (χ3v) is 5.72. The second-order valence-corrected chi connectivity index (χ2v) is 7.65. The van der Waals surface area contributed by atoms with Crippen LogP contribution in [0.5, 0.6) is 0 Å². The highest BCUT2D eigenvalue weighted by Crippen LogP contribution is 2.42. The van der Waals surface area contributed by atoms with Gasteiger partial charge in [0.15, 0.2) is 0 Å². The predicted molar refractivity (Wildman–Crippen MR) is 121 cm³/mol. The van der Waals surface area contributed by atoms with Gasteiger partial charge in [-0.15, -0.1) is 0 Å². The first-order chi connectivity index (χ1) is 14.6. The summed E-state index contributed by atoms with van der Waals surface area (Å²) in [6.45, 7) is 3.95. The lowest BCUT2D eigenvalue weighted by molar-refractivity contribution is -0.118. The number of para-hydroxylation sites is 2. The van der Waals surface area contributed by atoms with Crippen LogP contribution in [0.4, 0.5) is 11.4 Å². The largest absolute Gasteiger partial charge is 0.309 e. The monoisotopic (exact) mass is 398 g/mol. The van der Waals surface area contributed by atoms with Gasteiger partial charge in [-0.05, 0) is 49.2 Å². The minimum Gasteiger partial charge on any atom is -0.309 e. The van der Waals surface area contributed by atoms with Crippen LogP contribution in [0.1, 0.15) is 48.7 Å². The van der Waals surface area contributed by atoms with Crippen LogP contribution in [-0.4, -0.2) is 17.9 Å². The van der Waals surface area contributed by atoms with Gasteiger partial charge in [-0.2, -0.15) is 0 Å². The molecule has 0 unspecified atom stereocenters. The Hall–Kier alpha value is -3.40. The van der Waals surface area contributed by atoms with Gasteiger partial charge in [0, 0.05) is 29.4 Å². The van der Waals surface area contributed by atoms with Crippen molar-refractivity contribution in [3.8, 4) is 0 Å². The van der Waals surface area contributed by atoms with Gasteiger partial charge in [-0.25, -0.2) is 0 Å². The maximum atomic E-state index is 13.7. The lowest BCUT2D eigenvalue weighted by Gasteiger charge is -2.43. The zero-order chi connectivity index (χ0) is 21.1. The molecule has 4 rings (SSSR count). The molecular formula is C26H26N2O2. The molecule has 2 atom stereocenters. The molecule has 0 aliphatic carbocycles. The normalized spacial score (nSPS) is 17.9. The Kier molecular flexibility index (Phi) is 5.66. The van der Waals surface area contributed by atoms with E-state index >= 15 is 0 Å². The molecule has 1 heterocycles. The first-order valence-corrected chi connectivity index (χ1v) is 10.5. The van der Waals surface area contributed by atoms with E-state index in [1.165, 1.54) is 0 Å². The summed E-state index contributed by atoms with van der Waals surface area (Å²) in [5.74, 6) is 0.0677. The van der Waals surface area contributed by atoms with Crippen molar-refractivity contribution in [2.24, 2.45) is 0 Å². The van der Waals surface area contributed by atoms with Crippen LogP contribution in [0.2, 0.25) is 0 Å². The molecule has 0 N–H and O–H groups in total. The first kappa shape index (κ1) is 19.9. The van der Waals surface area contributed by atoms with Gasteiger partial charge in [0.1, 0.15) is 0 Å². The molecule has 1 aliphatic rings. The molecule has 2 amide bonds. The number of rotatable bonds is 4. The Morgan fingerprint density at radius 3 is 2.17 bits per heavy atom. The zero-order valence-electron chi connectivity index (χ0n) is 17.4. The van der Waals surface area contributed by atoms with Gasteiger partial charge < -0.3 is 9.80 Å². The van der Waals surface area contributed by atoms with E-state index in [0.717, 1.165) is 16.9 Å². The average Bonchev–Trinajstić information content (AvgIpc) is 2.80. The number of benzene rings is 3. The number of fused-ring (bicyclic) bond motifs is 1. The molecule has 1 aliphatic heterocycles. The van der Waals surface area contributed by atoms with Gasteiger partial charge in [-0.3, -0.25) is 9.59 Å². The summed E-state index contributed by atoms with van der Waals surface area (Å²) in [6.07, 6.45) is 1.13. The van der Waals surface area contributed by atoms with Crippen molar-refractivity contribution in [1.82, 2.24) is 0 Å². The molecule has 0 radical (unpaired) electrons. The predicted octanol–water partition coefficient (Wildman–Crippen LogP) is 5.61. The van der Waals surface area contributed by atoms with E-state index in [0.29, 0.717) is 18.4 Å². The second-order valence-electron chi connectivity index (χ2n) is 7.65. The summed E-state index contributed by atoms with van der Waals surface area (Å²) >= 11 is 0. The van der Waals surface area contributed by atoms with E-state index in [-0.39, 0.29) is 23.9 Å². The summed E-state index contributed by atoms with van der Waals surface area (Å²) < 4.78 is 0. The lowest BCUT2D eigenvalue weighted by atomic mass is 9.89. The molecule has 4 nitrogen and oxygen atoms in total. The van der Waals surface area contributed by atoms with Crippen LogP contribution < -0.4 is 9.80 Å². The summed E-state index contributed by atoms with van der Waals surface area (Å²) in [7, 11) is 0. The molecule has 30 heavy (non-hydrogen) atoms. The van der Waals surface area contributed by atoms with Crippen LogP contribution in [-0.2, 0) is 4.79 Å². The lowest BCUT2D eigenvalue weighted by Crippen LogP contribution is -2.47. The average molecular weight is 399 g/mol. The molecule has 0 saturated carbocycles. The molecule has 0 aromatic heterocycles. The van der Waals surface area contributed by atoms with Crippen molar-refractivity contribution in [2.45, 2.75) is 38.8 Å². The molecule has 152 valence electrons. The van der Waals surface area contributed by atoms with E-state index in [4.69, 9.17) is 0 Å². The summed E-state index contributed by atoms with van der Waals surface area (Å²) in [4.78, 5) is 30.1. The van der Waals surface area contributed by atoms with Crippen molar-refractivity contribution in [3.05, 3.63) is 96.1 Å². The Bertz CT molecular complexity index is 1030. The molecule has 0 saturated heterocycles. The van der Waals surface area contributed by atoms with Crippen LogP contribution in [0.25, 0.3) is 0 Å². The second kappa shape index (κ2) is 8.54. The maximum absolute atomic E-state index is 13.7. The minimum atomic E-state index is -0.160. The number of hydrogen-bond acceptors (Lipinski definition) is 2. The van der Waals surface area contributed by atoms with Crippen molar-refractivity contribution in [1.29, 1.82) is 0 Å². The number of amides is 2. The van der Waals surface area contributed by atoms with Gasteiger partial charge in [0.25, 0.3) is 5.91 Å². The van der Waals surface area contributed by atoms with Crippen LogP contribution in [0.3, 0.4) is 0 Å². The number of carbonyl (C=O) groups is 2. The summed E-state index contributed by atoms with van der Waals surface area (Å²) in [6, 6.07) is 27.0. The summed E-state index contributed by atoms with van der Waals surface area (Å²) in [5.41, 5.74) is 3.41. The zero-order valence-corrected chi connectivity index (χ0v) is 17.4. The standard InChI is InChI=1S/C26H26N2O2/c1-3-25(29)27-19(2)18-24(22-16-10-11-17-23(22)27)28(21-14-8-5-9-15-21)26(30)20-12-6-4-7-13-20/h4-17,19,24H,3,18H2,1-2H3/t19-,24+/m1/s1. The Morgan fingerprint density at radius 1 is 0.900 bits per heavy atom. The number of anilines is 2. The number of carbonyl (C=O) groups excluding carboxylic acids is 2. The first-order valence-electron chi connectivity index (χ1n) is 10.5. The molecule has 4 heteroatoms. The minimum absolute atomic E-state index is 0.00728. The molecule has 0 bridgehead atoms. The highest BCUT2D eigenvalue weighted by atomic mass is 16.2. The fourth-order valence-electron chi connectivity index (χ4n) is 4.32. The van der Waals surface area contributed by atoms with Crippen molar-refractivity contribution < 1.29 is 9.59 Å². The molecule has 0 fully saturated rings. The van der Waals surface area contributed by atoms with Gasteiger partial charge in [0.2, 0.25) is 5.91 Å². The van der Waals surface area contributed by atoms with E-state index in [9.17, 15) is 9.59 Å². The van der Waals surface area contributed by atoms with Gasteiger partial charge in [-0.1, -0.05) is 61.5 Å². The quantitative estimate of drug-likeness (QED) is 0.573. The van der Waals surface area contributed by atoms with Crippen LogP contribution in [0, 0.1) is 0 Å². The third kappa shape index (κ3) is 3.61. The Morgan fingerprint density at radius 2 is 1.50 bits per heavy atom. The van der Waals surface area contributed by atoms with Gasteiger partial charge >= 0.3 is 0 Å². The Balaban J connectivity index is 1.85. The fraction of sp³-hybridized carbons (Fsp3) is 0.231. The smallest absolute Gasteiger partial charge is 0.258 e. The van der Waals surface area contributed by atoms with Crippen LogP contribution >= 0.6 is 0 Å². The molecule has 3 aromatic rings. The third-order valence-electron chi connectivity index (χ3n) is 5.72. The highest BCUT2D eigenvalue weighted by molar-refractivity contribution is 6.07. The van der Waals surface area contributed by atoms with Crippen molar-refractivity contribution in [3.63, 3.8) is 0 Å². The maximum Gasteiger partial charge on any atom is 0.258 e. The molecule has 0 spiro atoms. The van der Waals surface area contributed by atoms with Gasteiger partial charge in [0.05, 0.1) is 6.04 Å². The highest BCUT2D eigenvalue weighted by Gasteiger charge is 2.38. The van der Waals surface area contributed by atoms with E-state index in [1.54, 1.807) is 0 Å². The number of hydrogen-bond donors (Lipinski definition) is 0.